The summed E-state index contributed by atoms with van der Waals surface area (Å²) in [4.78, 5) is 12.0. The quantitative estimate of drug-likeness (QED) is 0.730. The molecule has 1 unspecified atom stereocenters. The Morgan fingerprint density at radius 3 is 2.48 bits per heavy atom. The lowest BCUT2D eigenvalue weighted by molar-refractivity contribution is -0.123. The van der Waals surface area contributed by atoms with E-state index >= 15 is 0 Å². The number of carbonyl (C=O) groups excluding carboxylic acids is 1. The second-order valence-corrected chi connectivity index (χ2v) is 7.47. The van der Waals surface area contributed by atoms with Crippen molar-refractivity contribution in [3.63, 3.8) is 0 Å². The number of hydrogen-bond acceptors (Lipinski definition) is 5. The van der Waals surface area contributed by atoms with Crippen LogP contribution in [-0.4, -0.2) is 51.5 Å². The van der Waals surface area contributed by atoms with Gasteiger partial charge in [0.15, 0.2) is 0 Å². The molecule has 0 saturated carbocycles. The van der Waals surface area contributed by atoms with E-state index in [2.05, 4.69) is 5.32 Å². The van der Waals surface area contributed by atoms with E-state index in [1.165, 1.54) is 11.4 Å². The van der Waals surface area contributed by atoms with Crippen LogP contribution in [-0.2, 0) is 26.1 Å². The zero-order valence-electron chi connectivity index (χ0n) is 13.2. The predicted octanol–water partition coefficient (Wildman–Crippen LogP) is 0.0610. The maximum Gasteiger partial charge on any atom is 0.243 e. The normalized spacial score (nSPS) is 17.1. The first-order valence-electron chi connectivity index (χ1n) is 7.56. The molecule has 1 aromatic rings. The summed E-state index contributed by atoms with van der Waals surface area (Å²) < 4.78 is 31.1. The summed E-state index contributed by atoms with van der Waals surface area (Å²) >= 11 is 0. The Balaban J connectivity index is 1.96. The molecule has 0 radical (unpaired) electrons. The summed E-state index contributed by atoms with van der Waals surface area (Å²) in [5.41, 5.74) is 6.43. The number of rotatable bonds is 7. The summed E-state index contributed by atoms with van der Waals surface area (Å²) in [6.07, 6.45) is 1.82. The van der Waals surface area contributed by atoms with Gasteiger partial charge >= 0.3 is 0 Å². The first kappa shape index (κ1) is 17.9. The number of nitrogens with zero attached hydrogens (tertiary/aromatic N) is 1. The molecule has 1 aromatic carbocycles. The fraction of sp³-hybridized carbons (Fsp3) is 0.533. The third-order valence-corrected chi connectivity index (χ3v) is 5.69. The van der Waals surface area contributed by atoms with Gasteiger partial charge in [-0.2, -0.15) is 4.31 Å². The average molecular weight is 341 g/mol. The molecule has 1 fully saturated rings. The van der Waals surface area contributed by atoms with Gasteiger partial charge in [-0.3, -0.25) is 4.79 Å². The fourth-order valence-corrected chi connectivity index (χ4v) is 3.95. The maximum atomic E-state index is 12.4. The van der Waals surface area contributed by atoms with E-state index in [4.69, 9.17) is 10.5 Å². The van der Waals surface area contributed by atoms with Crippen molar-refractivity contribution in [2.75, 3.05) is 26.8 Å². The van der Waals surface area contributed by atoms with E-state index in [9.17, 15) is 13.2 Å². The lowest BCUT2D eigenvalue weighted by Crippen LogP contribution is -2.43. The van der Waals surface area contributed by atoms with Gasteiger partial charge in [-0.25, -0.2) is 8.42 Å². The number of hydrogen-bond donors (Lipinski definition) is 2. The zero-order valence-corrected chi connectivity index (χ0v) is 14.0. The molecule has 8 heteroatoms. The molecule has 1 atom stereocenters. The van der Waals surface area contributed by atoms with Crippen molar-refractivity contribution < 1.29 is 17.9 Å². The van der Waals surface area contributed by atoms with Gasteiger partial charge in [-0.1, -0.05) is 12.1 Å². The molecule has 0 aromatic heterocycles. The molecule has 1 heterocycles. The number of sulfonamides is 1. The van der Waals surface area contributed by atoms with Crippen molar-refractivity contribution in [2.24, 2.45) is 5.73 Å². The Morgan fingerprint density at radius 2 is 1.91 bits per heavy atom. The lowest BCUT2D eigenvalue weighted by Gasteiger charge is -2.16. The number of amides is 1. The minimum atomic E-state index is -3.40. The minimum Gasteiger partial charge on any atom is -0.383 e. The summed E-state index contributed by atoms with van der Waals surface area (Å²) in [5, 5.41) is 2.69. The Kier molecular flexibility index (Phi) is 6.11. The summed E-state index contributed by atoms with van der Waals surface area (Å²) in [7, 11) is -1.92. The van der Waals surface area contributed by atoms with Crippen LogP contribution in [0.3, 0.4) is 0 Å². The Bertz CT molecular complexity index is 625. The Labute approximate surface area is 136 Å². The first-order chi connectivity index (χ1) is 10.9. The molecule has 128 valence electrons. The molecule has 0 aliphatic carbocycles. The van der Waals surface area contributed by atoms with E-state index in [1.54, 1.807) is 24.3 Å². The van der Waals surface area contributed by atoms with Crippen LogP contribution in [0, 0.1) is 0 Å². The number of methoxy groups -OCH3 is 1. The van der Waals surface area contributed by atoms with E-state index in [0.717, 1.165) is 18.4 Å². The minimum absolute atomic E-state index is 0.152. The van der Waals surface area contributed by atoms with Crippen LogP contribution in [0.25, 0.3) is 0 Å². The largest absolute Gasteiger partial charge is 0.383 e. The van der Waals surface area contributed by atoms with Crippen LogP contribution in [0.15, 0.2) is 29.2 Å². The van der Waals surface area contributed by atoms with Gasteiger partial charge in [0.05, 0.1) is 11.5 Å². The summed E-state index contributed by atoms with van der Waals surface area (Å²) in [6, 6.07) is 5.83. The number of ether oxygens (including phenoxy) is 1. The van der Waals surface area contributed by atoms with E-state index in [-0.39, 0.29) is 17.4 Å². The molecule has 3 N–H and O–H groups in total. The molecular formula is C15H23N3O4S. The van der Waals surface area contributed by atoms with Crippen molar-refractivity contribution in [1.82, 2.24) is 9.62 Å². The second-order valence-electron chi connectivity index (χ2n) is 5.53. The van der Waals surface area contributed by atoms with Gasteiger partial charge in [-0.05, 0) is 30.5 Å². The molecule has 1 saturated heterocycles. The van der Waals surface area contributed by atoms with Crippen LogP contribution >= 0.6 is 0 Å². The molecule has 0 spiro atoms. The third-order valence-electron chi connectivity index (χ3n) is 3.78. The molecule has 7 nitrogen and oxygen atoms in total. The van der Waals surface area contributed by atoms with Crippen LogP contribution < -0.4 is 11.1 Å². The fourth-order valence-electron chi connectivity index (χ4n) is 2.43. The summed E-state index contributed by atoms with van der Waals surface area (Å²) in [6.45, 7) is 1.61. The highest BCUT2D eigenvalue weighted by atomic mass is 32.2. The van der Waals surface area contributed by atoms with Crippen molar-refractivity contribution in [2.45, 2.75) is 30.3 Å². The smallest absolute Gasteiger partial charge is 0.243 e. The number of nitrogens with two attached hydrogens (primary N) is 1. The Hall–Kier alpha value is -1.48. The van der Waals surface area contributed by atoms with Crippen molar-refractivity contribution in [1.29, 1.82) is 0 Å². The predicted molar refractivity (Wildman–Crippen MR) is 86.1 cm³/mol. The van der Waals surface area contributed by atoms with Crippen molar-refractivity contribution in [3.05, 3.63) is 29.8 Å². The molecule has 1 aliphatic heterocycles. The van der Waals surface area contributed by atoms with Gasteiger partial charge in [0, 0.05) is 26.7 Å². The van der Waals surface area contributed by atoms with Gasteiger partial charge in [-0.15, -0.1) is 0 Å². The van der Waals surface area contributed by atoms with E-state index in [0.29, 0.717) is 19.6 Å². The molecule has 1 amide bonds. The van der Waals surface area contributed by atoms with Gasteiger partial charge < -0.3 is 15.8 Å². The standard InChI is InChI=1S/C15H23N3O4S/c1-22-11-14(16)15(19)17-10-12-4-6-13(7-5-12)23(20,21)18-8-2-3-9-18/h4-7,14H,2-3,8-11,16H2,1H3,(H,17,19). The highest BCUT2D eigenvalue weighted by Crippen LogP contribution is 2.21. The molecular weight excluding hydrogens is 318 g/mol. The van der Waals surface area contributed by atoms with Gasteiger partial charge in [0.2, 0.25) is 15.9 Å². The molecule has 2 rings (SSSR count). The van der Waals surface area contributed by atoms with Crippen molar-refractivity contribution >= 4 is 15.9 Å². The molecule has 0 bridgehead atoms. The van der Waals surface area contributed by atoms with Crippen LogP contribution in [0.4, 0.5) is 0 Å². The molecule has 1 aliphatic rings. The molecule has 23 heavy (non-hydrogen) atoms. The summed E-state index contributed by atoms with van der Waals surface area (Å²) in [5.74, 6) is -0.305. The highest BCUT2D eigenvalue weighted by Gasteiger charge is 2.26. The average Bonchev–Trinajstić information content (AvgIpc) is 3.08. The monoisotopic (exact) mass is 341 g/mol. The second kappa shape index (κ2) is 7.87. The third kappa shape index (κ3) is 4.51. The highest BCUT2D eigenvalue weighted by molar-refractivity contribution is 7.89. The van der Waals surface area contributed by atoms with E-state index in [1.807, 2.05) is 0 Å². The van der Waals surface area contributed by atoms with Crippen LogP contribution in [0.1, 0.15) is 18.4 Å². The van der Waals surface area contributed by atoms with Crippen LogP contribution in [0.5, 0.6) is 0 Å². The SMILES string of the molecule is COCC(N)C(=O)NCc1ccc(S(=O)(=O)N2CCCC2)cc1. The maximum absolute atomic E-state index is 12.4. The topological polar surface area (TPSA) is 102 Å². The number of carbonyl (C=O) groups is 1. The van der Waals surface area contributed by atoms with Crippen LogP contribution in [0.2, 0.25) is 0 Å². The van der Waals surface area contributed by atoms with Gasteiger partial charge in [0.25, 0.3) is 0 Å². The first-order valence-corrected chi connectivity index (χ1v) is 9.00. The van der Waals surface area contributed by atoms with Crippen molar-refractivity contribution in [3.8, 4) is 0 Å². The number of benzene rings is 1. The van der Waals surface area contributed by atoms with Gasteiger partial charge in [0.1, 0.15) is 6.04 Å². The zero-order chi connectivity index (χ0) is 16.9. The number of nitrogens with one attached hydrogen (secondary N) is 1. The van der Waals surface area contributed by atoms with E-state index < -0.39 is 16.1 Å². The Morgan fingerprint density at radius 1 is 1.30 bits per heavy atom. The lowest BCUT2D eigenvalue weighted by atomic mass is 10.2.